The highest BCUT2D eigenvalue weighted by atomic mass is 35.5. The van der Waals surface area contributed by atoms with Gasteiger partial charge in [-0.1, -0.05) is 11.6 Å². The number of hydrogen-bond donors (Lipinski definition) is 1. The second-order valence-corrected chi connectivity index (χ2v) is 2.92. The van der Waals surface area contributed by atoms with Crippen molar-refractivity contribution < 1.29 is 14.2 Å². The molecule has 72 valence electrons. The van der Waals surface area contributed by atoms with Gasteiger partial charge in [0.2, 0.25) is 0 Å². The van der Waals surface area contributed by atoms with Crippen molar-refractivity contribution in [2.45, 2.75) is 6.42 Å². The Balaban J connectivity index is 3.18. The minimum absolute atomic E-state index is 0.131. The maximum Gasteiger partial charge on any atom is 0.143 e. The van der Waals surface area contributed by atoms with Crippen molar-refractivity contribution in [3.63, 3.8) is 0 Å². The summed E-state index contributed by atoms with van der Waals surface area (Å²) in [4.78, 5) is 0. The number of hydrogen-bond acceptors (Lipinski definition) is 2. The maximum atomic E-state index is 13.2. The third-order valence-electron chi connectivity index (χ3n) is 1.72. The van der Waals surface area contributed by atoms with Gasteiger partial charge < -0.3 is 9.84 Å². The Morgan fingerprint density at radius 1 is 1.54 bits per heavy atom. The largest absolute Gasteiger partial charge is 0.495 e. The number of rotatable bonds is 3. The Morgan fingerprint density at radius 2 is 2.23 bits per heavy atom. The highest BCUT2D eigenvalue weighted by Gasteiger charge is 2.12. The summed E-state index contributed by atoms with van der Waals surface area (Å²) in [5, 5.41) is 9.04. The van der Waals surface area contributed by atoms with Crippen molar-refractivity contribution in [1.29, 1.82) is 0 Å². The first kappa shape index (κ1) is 10.3. The molecule has 2 nitrogen and oxygen atoms in total. The number of benzene rings is 1. The van der Waals surface area contributed by atoms with Crippen LogP contribution in [0.5, 0.6) is 5.75 Å². The van der Waals surface area contributed by atoms with Gasteiger partial charge >= 0.3 is 0 Å². The first-order valence-electron chi connectivity index (χ1n) is 3.82. The number of methoxy groups -OCH3 is 1. The van der Waals surface area contributed by atoms with Crippen LogP contribution in [0.3, 0.4) is 0 Å². The zero-order chi connectivity index (χ0) is 9.84. The van der Waals surface area contributed by atoms with E-state index in [1.165, 1.54) is 19.2 Å². The summed E-state index contributed by atoms with van der Waals surface area (Å²) >= 11 is 5.76. The third-order valence-corrected chi connectivity index (χ3v) is 2.02. The van der Waals surface area contributed by atoms with E-state index >= 15 is 0 Å². The summed E-state index contributed by atoms with van der Waals surface area (Å²) < 4.78 is 18.1. The predicted molar refractivity (Wildman–Crippen MR) is 48.8 cm³/mol. The fraction of sp³-hybridized carbons (Fsp3) is 0.333. The molecule has 0 atom stereocenters. The molecule has 0 aliphatic heterocycles. The van der Waals surface area contributed by atoms with Crippen LogP contribution in [-0.2, 0) is 6.42 Å². The number of aliphatic hydroxyl groups excluding tert-OH is 1. The topological polar surface area (TPSA) is 29.5 Å². The van der Waals surface area contributed by atoms with Crippen molar-refractivity contribution >= 4 is 11.6 Å². The lowest BCUT2D eigenvalue weighted by atomic mass is 10.1. The van der Waals surface area contributed by atoms with E-state index < -0.39 is 5.82 Å². The smallest absolute Gasteiger partial charge is 0.143 e. The molecular formula is C9H10ClFO2. The zero-order valence-corrected chi connectivity index (χ0v) is 7.94. The number of ether oxygens (including phenoxy) is 1. The van der Waals surface area contributed by atoms with Gasteiger partial charge in [0.15, 0.2) is 0 Å². The van der Waals surface area contributed by atoms with Crippen LogP contribution in [0, 0.1) is 5.82 Å². The van der Waals surface area contributed by atoms with Gasteiger partial charge in [0, 0.05) is 18.6 Å². The van der Waals surface area contributed by atoms with Crippen molar-refractivity contribution in [3.8, 4) is 5.75 Å². The Bertz CT molecular complexity index is 302. The molecule has 0 amide bonds. The van der Waals surface area contributed by atoms with Gasteiger partial charge in [-0.2, -0.15) is 0 Å². The van der Waals surface area contributed by atoms with E-state index in [0.717, 1.165) is 0 Å². The fourth-order valence-electron chi connectivity index (χ4n) is 1.14. The summed E-state index contributed by atoms with van der Waals surface area (Å²) in [5.41, 5.74) is 0.317. The molecule has 1 aromatic carbocycles. The molecule has 0 spiro atoms. The van der Waals surface area contributed by atoms with Gasteiger partial charge in [0.25, 0.3) is 0 Å². The van der Waals surface area contributed by atoms with E-state index in [0.29, 0.717) is 16.3 Å². The van der Waals surface area contributed by atoms with Gasteiger partial charge in [-0.15, -0.1) is 0 Å². The molecule has 0 heterocycles. The van der Waals surface area contributed by atoms with Gasteiger partial charge in [-0.25, -0.2) is 4.39 Å². The number of aliphatic hydroxyl groups is 1. The Kier molecular flexibility index (Phi) is 3.51. The second-order valence-electron chi connectivity index (χ2n) is 2.51. The van der Waals surface area contributed by atoms with Crippen LogP contribution in [0.4, 0.5) is 4.39 Å². The molecule has 0 bridgehead atoms. The number of halogens is 2. The van der Waals surface area contributed by atoms with Gasteiger partial charge in [0.1, 0.15) is 11.6 Å². The molecule has 0 fully saturated rings. The SMILES string of the molecule is COc1c(Cl)ccc(F)c1CCO. The highest BCUT2D eigenvalue weighted by molar-refractivity contribution is 6.32. The van der Waals surface area contributed by atoms with Crippen LogP contribution >= 0.6 is 11.6 Å². The normalized spacial score (nSPS) is 10.2. The van der Waals surface area contributed by atoms with Gasteiger partial charge in [-0.3, -0.25) is 0 Å². The molecule has 0 aliphatic rings. The molecule has 0 radical (unpaired) electrons. The van der Waals surface area contributed by atoms with Crippen LogP contribution in [0.15, 0.2) is 12.1 Å². The average molecular weight is 205 g/mol. The van der Waals surface area contributed by atoms with Crippen molar-refractivity contribution in [2.75, 3.05) is 13.7 Å². The standard InChI is InChI=1S/C9H10ClFO2/c1-13-9-6(4-5-12)8(11)3-2-7(9)10/h2-3,12H,4-5H2,1H3. The average Bonchev–Trinajstić information content (AvgIpc) is 2.12. The van der Waals surface area contributed by atoms with Crippen LogP contribution < -0.4 is 4.74 Å². The second kappa shape index (κ2) is 4.44. The highest BCUT2D eigenvalue weighted by Crippen LogP contribution is 2.30. The van der Waals surface area contributed by atoms with E-state index in [-0.39, 0.29) is 13.0 Å². The van der Waals surface area contributed by atoms with Crippen LogP contribution in [0.2, 0.25) is 5.02 Å². The minimum atomic E-state index is -0.407. The maximum absolute atomic E-state index is 13.2. The molecule has 0 saturated heterocycles. The minimum Gasteiger partial charge on any atom is -0.495 e. The summed E-state index contributed by atoms with van der Waals surface area (Å²) in [6, 6.07) is 2.69. The van der Waals surface area contributed by atoms with Crippen LogP contribution in [0.1, 0.15) is 5.56 Å². The molecule has 1 rings (SSSR count). The molecular weight excluding hydrogens is 195 g/mol. The third kappa shape index (κ3) is 2.11. The van der Waals surface area contributed by atoms with Gasteiger partial charge in [0.05, 0.1) is 12.1 Å². The fourth-order valence-corrected chi connectivity index (χ4v) is 1.39. The Hall–Kier alpha value is -0.800. The summed E-state index contributed by atoms with van der Waals surface area (Å²) in [6.45, 7) is -0.131. The molecule has 0 aliphatic carbocycles. The lowest BCUT2D eigenvalue weighted by Crippen LogP contribution is -1.99. The predicted octanol–water partition coefficient (Wildman–Crippen LogP) is 2.02. The summed E-state index contributed by atoms with van der Waals surface area (Å²) in [7, 11) is 1.42. The van der Waals surface area contributed by atoms with E-state index in [2.05, 4.69) is 0 Å². The lowest BCUT2D eigenvalue weighted by Gasteiger charge is -2.09. The van der Waals surface area contributed by atoms with Crippen LogP contribution in [0.25, 0.3) is 0 Å². The van der Waals surface area contributed by atoms with Crippen molar-refractivity contribution in [3.05, 3.63) is 28.5 Å². The van der Waals surface area contributed by atoms with Crippen LogP contribution in [-0.4, -0.2) is 18.8 Å². The Labute approximate surface area is 80.9 Å². The van der Waals surface area contributed by atoms with Crippen molar-refractivity contribution in [1.82, 2.24) is 0 Å². The quantitative estimate of drug-likeness (QED) is 0.817. The molecule has 1 aromatic rings. The molecule has 4 heteroatoms. The first-order chi connectivity index (χ1) is 6.20. The lowest BCUT2D eigenvalue weighted by molar-refractivity contribution is 0.294. The summed E-state index contributed by atoms with van der Waals surface area (Å²) in [6.07, 6.45) is 0.204. The first-order valence-corrected chi connectivity index (χ1v) is 4.20. The molecule has 0 unspecified atom stereocenters. The van der Waals surface area contributed by atoms with Crippen molar-refractivity contribution in [2.24, 2.45) is 0 Å². The van der Waals surface area contributed by atoms with E-state index in [9.17, 15) is 4.39 Å². The molecule has 0 saturated carbocycles. The Morgan fingerprint density at radius 3 is 2.77 bits per heavy atom. The molecule has 1 N–H and O–H groups in total. The monoisotopic (exact) mass is 204 g/mol. The van der Waals surface area contributed by atoms with E-state index in [1.54, 1.807) is 0 Å². The zero-order valence-electron chi connectivity index (χ0n) is 7.18. The molecule has 0 aromatic heterocycles. The summed E-state index contributed by atoms with van der Waals surface area (Å²) in [5.74, 6) is -0.106. The van der Waals surface area contributed by atoms with E-state index in [4.69, 9.17) is 21.4 Å². The van der Waals surface area contributed by atoms with E-state index in [1.807, 2.05) is 0 Å². The van der Waals surface area contributed by atoms with Gasteiger partial charge in [-0.05, 0) is 12.1 Å². The molecule has 13 heavy (non-hydrogen) atoms.